The van der Waals surface area contributed by atoms with Gasteiger partial charge in [-0.25, -0.2) is 8.78 Å². The summed E-state index contributed by atoms with van der Waals surface area (Å²) in [5.41, 5.74) is 1.10. The first-order valence-electron chi connectivity index (χ1n) is 7.74. The summed E-state index contributed by atoms with van der Waals surface area (Å²) >= 11 is 0. The van der Waals surface area contributed by atoms with Gasteiger partial charge in [-0.2, -0.15) is 0 Å². The fourth-order valence-corrected chi connectivity index (χ4v) is 2.33. The fraction of sp³-hybridized carbons (Fsp3) is 0.278. The third-order valence-corrected chi connectivity index (χ3v) is 3.81. The van der Waals surface area contributed by atoms with Crippen LogP contribution in [0.2, 0.25) is 0 Å². The first kappa shape index (κ1) is 18.7. The van der Waals surface area contributed by atoms with Gasteiger partial charge in [-0.15, -0.1) is 0 Å². The molecule has 2 aromatic carbocycles. The largest absolute Gasteiger partial charge is 0.497 e. The number of benzene rings is 2. The van der Waals surface area contributed by atoms with Crippen LogP contribution in [-0.4, -0.2) is 26.7 Å². The Morgan fingerprint density at radius 1 is 1.12 bits per heavy atom. The molecule has 2 rings (SSSR count). The molecule has 134 valence electrons. The zero-order chi connectivity index (χ0) is 18.4. The van der Waals surface area contributed by atoms with E-state index in [1.54, 1.807) is 23.5 Å². The number of carbonyl (C=O) groups is 1. The van der Waals surface area contributed by atoms with Gasteiger partial charge >= 0.3 is 0 Å². The van der Waals surface area contributed by atoms with E-state index in [-0.39, 0.29) is 18.5 Å². The predicted molar refractivity (Wildman–Crippen MR) is 89.7 cm³/mol. The number of hydrogen-bond acceptors (Lipinski definition) is 3. The molecule has 0 aliphatic heterocycles. The molecule has 0 fully saturated rings. The highest BCUT2D eigenvalue weighted by atomic mass is 19.2. The second-order valence-corrected chi connectivity index (χ2v) is 5.52. The Morgan fingerprint density at radius 2 is 1.88 bits per heavy atom. The molecule has 0 radical (unpaired) electrons. The van der Waals surface area contributed by atoms with E-state index in [2.05, 4.69) is 5.32 Å². The first-order valence-corrected chi connectivity index (χ1v) is 7.74. The lowest BCUT2D eigenvalue weighted by molar-refractivity contribution is -0.682. The van der Waals surface area contributed by atoms with E-state index in [1.807, 2.05) is 6.92 Å². The summed E-state index contributed by atoms with van der Waals surface area (Å²) in [5.74, 6) is -0.929. The number of nitrogens with two attached hydrogens (primary N) is 1. The van der Waals surface area contributed by atoms with Crippen LogP contribution >= 0.6 is 0 Å². The van der Waals surface area contributed by atoms with Gasteiger partial charge in [-0.1, -0.05) is 0 Å². The Bertz CT molecular complexity index is 753. The normalized spacial score (nSPS) is 11.7. The molecule has 0 aliphatic rings. The summed E-state index contributed by atoms with van der Waals surface area (Å²) in [6.07, 6.45) is 0. The average molecular weight is 351 g/mol. The smallest absolute Gasteiger partial charge is 0.279 e. The zero-order valence-electron chi connectivity index (χ0n) is 14.3. The van der Waals surface area contributed by atoms with Gasteiger partial charge < -0.3 is 20.1 Å². The van der Waals surface area contributed by atoms with Crippen LogP contribution in [0.15, 0.2) is 36.4 Å². The van der Waals surface area contributed by atoms with Crippen molar-refractivity contribution in [1.29, 1.82) is 0 Å². The molecule has 7 heteroatoms. The Kier molecular flexibility index (Phi) is 6.30. The lowest BCUT2D eigenvalue weighted by atomic mass is 10.1. The minimum Gasteiger partial charge on any atom is -0.497 e. The van der Waals surface area contributed by atoms with Crippen molar-refractivity contribution in [3.63, 3.8) is 0 Å². The molecule has 0 spiro atoms. The number of amides is 1. The highest BCUT2D eigenvalue weighted by Gasteiger charge is 2.15. The van der Waals surface area contributed by atoms with Crippen molar-refractivity contribution in [3.8, 4) is 11.5 Å². The Morgan fingerprint density at radius 3 is 2.52 bits per heavy atom. The molecule has 0 saturated carbocycles. The molecule has 3 N–H and O–H groups in total. The fourth-order valence-electron chi connectivity index (χ4n) is 2.33. The van der Waals surface area contributed by atoms with E-state index in [4.69, 9.17) is 9.47 Å². The van der Waals surface area contributed by atoms with Crippen molar-refractivity contribution in [2.45, 2.75) is 13.0 Å². The summed E-state index contributed by atoms with van der Waals surface area (Å²) in [7, 11) is 3.04. The van der Waals surface area contributed by atoms with Crippen LogP contribution in [0.3, 0.4) is 0 Å². The van der Waals surface area contributed by atoms with Gasteiger partial charge in [0.1, 0.15) is 17.5 Å². The molecule has 1 atom stereocenters. The lowest BCUT2D eigenvalue weighted by Crippen LogP contribution is -2.86. The molecule has 5 nitrogen and oxygen atoms in total. The van der Waals surface area contributed by atoms with Crippen molar-refractivity contribution in [1.82, 2.24) is 0 Å². The van der Waals surface area contributed by atoms with E-state index in [1.165, 1.54) is 20.3 Å². The number of methoxy groups -OCH3 is 2. The van der Waals surface area contributed by atoms with Crippen LogP contribution < -0.4 is 20.1 Å². The van der Waals surface area contributed by atoms with Crippen molar-refractivity contribution in [2.24, 2.45) is 0 Å². The maximum Gasteiger partial charge on any atom is 0.279 e. The number of rotatable bonds is 7. The molecular formula is C18H21F2N2O3+. The van der Waals surface area contributed by atoms with Crippen LogP contribution in [0, 0.1) is 11.6 Å². The second-order valence-electron chi connectivity index (χ2n) is 5.52. The number of ether oxygens (including phenoxy) is 2. The van der Waals surface area contributed by atoms with E-state index in [0.29, 0.717) is 22.7 Å². The lowest BCUT2D eigenvalue weighted by Gasteiger charge is -2.13. The molecule has 0 aliphatic carbocycles. The van der Waals surface area contributed by atoms with Gasteiger partial charge in [-0.05, 0) is 37.3 Å². The van der Waals surface area contributed by atoms with Crippen molar-refractivity contribution >= 4 is 11.6 Å². The predicted octanol–water partition coefficient (Wildman–Crippen LogP) is 2.25. The maximum absolute atomic E-state index is 13.3. The zero-order valence-corrected chi connectivity index (χ0v) is 14.3. The topological polar surface area (TPSA) is 64.2 Å². The number of nitrogens with one attached hydrogen (secondary N) is 1. The summed E-state index contributed by atoms with van der Waals surface area (Å²) in [6, 6.07) is 8.61. The summed E-state index contributed by atoms with van der Waals surface area (Å²) in [5, 5.41) is 4.49. The van der Waals surface area contributed by atoms with Crippen LogP contribution in [0.1, 0.15) is 18.5 Å². The van der Waals surface area contributed by atoms with Crippen LogP contribution in [0.5, 0.6) is 11.5 Å². The average Bonchev–Trinajstić information content (AvgIpc) is 2.61. The molecule has 0 bridgehead atoms. The highest BCUT2D eigenvalue weighted by Crippen LogP contribution is 2.28. The van der Waals surface area contributed by atoms with Crippen LogP contribution in [-0.2, 0) is 4.79 Å². The maximum atomic E-state index is 13.3. The minimum absolute atomic E-state index is 0.112. The number of quaternary nitrogens is 1. The van der Waals surface area contributed by atoms with E-state index >= 15 is 0 Å². The van der Waals surface area contributed by atoms with Gasteiger partial charge in [0.2, 0.25) is 0 Å². The van der Waals surface area contributed by atoms with E-state index in [9.17, 15) is 13.6 Å². The molecule has 0 heterocycles. The van der Waals surface area contributed by atoms with Gasteiger partial charge in [0.15, 0.2) is 18.2 Å². The Balaban J connectivity index is 1.97. The molecule has 0 saturated heterocycles. The number of carbonyl (C=O) groups excluding carboxylic acids is 1. The van der Waals surface area contributed by atoms with Crippen molar-refractivity contribution < 1.29 is 28.4 Å². The Hall–Kier alpha value is -2.67. The standard InChI is InChI=1S/C18H20F2N2O3/c1-11(12-4-6-14(19)15(20)8-12)21-10-18(23)22-16-9-13(24-2)5-7-17(16)25-3/h4-9,11,21H,10H2,1-3H3,(H,22,23)/p+1/t11-/m0/s1. The molecule has 0 unspecified atom stereocenters. The molecular weight excluding hydrogens is 330 g/mol. The number of halogens is 2. The van der Waals surface area contributed by atoms with Crippen LogP contribution in [0.4, 0.5) is 14.5 Å². The first-order chi connectivity index (χ1) is 11.9. The molecule has 0 aromatic heterocycles. The monoisotopic (exact) mass is 351 g/mol. The molecule has 1 amide bonds. The summed E-state index contributed by atoms with van der Waals surface area (Å²) in [6.45, 7) is 1.92. The van der Waals surface area contributed by atoms with E-state index in [0.717, 1.165) is 12.1 Å². The van der Waals surface area contributed by atoms with Crippen molar-refractivity contribution in [2.75, 3.05) is 26.1 Å². The minimum atomic E-state index is -0.900. The van der Waals surface area contributed by atoms with Gasteiger partial charge in [0.05, 0.1) is 19.9 Å². The SMILES string of the molecule is COc1ccc(OC)c(NC(=O)C[NH2+][C@@H](C)c2ccc(F)c(F)c2)c1. The highest BCUT2D eigenvalue weighted by molar-refractivity contribution is 5.93. The Labute approximate surface area is 144 Å². The van der Waals surface area contributed by atoms with Crippen molar-refractivity contribution in [3.05, 3.63) is 53.6 Å². The third kappa shape index (κ3) is 4.90. The third-order valence-electron chi connectivity index (χ3n) is 3.81. The van der Waals surface area contributed by atoms with Gasteiger partial charge in [0.25, 0.3) is 5.91 Å². The summed E-state index contributed by atoms with van der Waals surface area (Å²) in [4.78, 5) is 12.2. The van der Waals surface area contributed by atoms with Gasteiger partial charge in [-0.3, -0.25) is 4.79 Å². The second kappa shape index (κ2) is 8.43. The number of anilines is 1. The molecule has 2 aromatic rings. The van der Waals surface area contributed by atoms with E-state index < -0.39 is 11.6 Å². The molecule has 25 heavy (non-hydrogen) atoms. The quantitative estimate of drug-likeness (QED) is 0.804. The summed E-state index contributed by atoms with van der Waals surface area (Å²) < 4.78 is 36.6. The van der Waals surface area contributed by atoms with Gasteiger partial charge in [0, 0.05) is 11.6 Å². The van der Waals surface area contributed by atoms with Crippen LogP contribution in [0.25, 0.3) is 0 Å². The number of hydrogen-bond donors (Lipinski definition) is 2.